The topological polar surface area (TPSA) is 78.4 Å². The zero-order chi connectivity index (χ0) is 20.4. The number of aliphatic imine (C=N–C) groups is 1. The summed E-state index contributed by atoms with van der Waals surface area (Å²) in [6.45, 7) is 10.8. The molecule has 9 heteroatoms. The maximum Gasteiger partial charge on any atom is 0.191 e. The zero-order valence-corrected chi connectivity index (χ0v) is 19.8. The Morgan fingerprint density at radius 1 is 1.38 bits per heavy atom. The van der Waals surface area contributed by atoms with Gasteiger partial charge in [-0.2, -0.15) is 0 Å². The molecule has 0 spiro atoms. The minimum Gasteiger partial charge on any atom is -0.489 e. The van der Waals surface area contributed by atoms with Gasteiger partial charge in [0.05, 0.1) is 31.9 Å². The Kier molecular flexibility index (Phi) is 11.8. The third-order valence-corrected chi connectivity index (χ3v) is 4.28. The second kappa shape index (κ2) is 13.2. The third-order valence-electron chi connectivity index (χ3n) is 4.28. The van der Waals surface area contributed by atoms with Crippen molar-refractivity contribution in [1.29, 1.82) is 0 Å². The fourth-order valence-corrected chi connectivity index (χ4v) is 2.94. The molecule has 0 aliphatic carbocycles. The van der Waals surface area contributed by atoms with Crippen LogP contribution in [0.25, 0.3) is 0 Å². The van der Waals surface area contributed by atoms with Gasteiger partial charge in [-0.1, -0.05) is 6.07 Å². The van der Waals surface area contributed by atoms with Gasteiger partial charge >= 0.3 is 0 Å². The molecule has 29 heavy (non-hydrogen) atoms. The van der Waals surface area contributed by atoms with E-state index < -0.39 is 5.60 Å². The second-order valence-corrected chi connectivity index (χ2v) is 7.35. The maximum atomic E-state index is 13.3. The van der Waals surface area contributed by atoms with Crippen LogP contribution in [0.2, 0.25) is 0 Å². The Bertz CT molecular complexity index is 627. The molecule has 1 fully saturated rings. The highest BCUT2D eigenvalue weighted by atomic mass is 127. The van der Waals surface area contributed by atoms with Crippen LogP contribution in [0.15, 0.2) is 29.3 Å². The van der Waals surface area contributed by atoms with Crippen molar-refractivity contribution in [2.45, 2.75) is 32.5 Å². The van der Waals surface area contributed by atoms with E-state index in [1.54, 1.807) is 19.1 Å². The first-order valence-corrected chi connectivity index (χ1v) is 9.85. The van der Waals surface area contributed by atoms with Crippen molar-refractivity contribution < 1.29 is 19.0 Å². The number of hydrogen-bond acceptors (Lipinski definition) is 5. The molecule has 1 aromatic carbocycles. The van der Waals surface area contributed by atoms with Gasteiger partial charge in [0.1, 0.15) is 17.7 Å². The van der Waals surface area contributed by atoms with Crippen molar-refractivity contribution >= 4 is 29.9 Å². The maximum absolute atomic E-state index is 13.3. The van der Waals surface area contributed by atoms with Crippen molar-refractivity contribution in [1.82, 2.24) is 15.5 Å². The highest BCUT2D eigenvalue weighted by Crippen LogP contribution is 2.13. The average Bonchev–Trinajstić information content (AvgIpc) is 2.64. The lowest BCUT2D eigenvalue weighted by Crippen LogP contribution is -2.48. The Balaban J connectivity index is 0.00000420. The number of morpholine rings is 1. The van der Waals surface area contributed by atoms with Gasteiger partial charge in [0, 0.05) is 32.2 Å². The molecule has 2 unspecified atom stereocenters. The van der Waals surface area contributed by atoms with Gasteiger partial charge in [-0.15, -0.1) is 24.0 Å². The molecular formula is C20H34FIN4O3. The van der Waals surface area contributed by atoms with E-state index in [0.29, 0.717) is 44.6 Å². The van der Waals surface area contributed by atoms with Gasteiger partial charge in [-0.25, -0.2) is 4.39 Å². The van der Waals surface area contributed by atoms with E-state index in [-0.39, 0.29) is 42.4 Å². The average molecular weight is 524 g/mol. The third kappa shape index (κ3) is 10.4. The lowest BCUT2D eigenvalue weighted by atomic mass is 10.1. The van der Waals surface area contributed by atoms with Gasteiger partial charge in [0.2, 0.25) is 0 Å². The molecule has 1 saturated heterocycles. The molecule has 0 amide bonds. The Morgan fingerprint density at radius 2 is 2.10 bits per heavy atom. The quantitative estimate of drug-likeness (QED) is 0.260. The molecule has 1 aliphatic heterocycles. The summed E-state index contributed by atoms with van der Waals surface area (Å²) in [6, 6.07) is 6.09. The van der Waals surface area contributed by atoms with E-state index in [4.69, 9.17) is 9.47 Å². The summed E-state index contributed by atoms with van der Waals surface area (Å²) in [7, 11) is 0. The van der Waals surface area contributed by atoms with Crippen LogP contribution in [0, 0.1) is 5.82 Å². The Labute approximate surface area is 190 Å². The van der Waals surface area contributed by atoms with Crippen LogP contribution < -0.4 is 15.4 Å². The predicted octanol–water partition coefficient (Wildman–Crippen LogP) is 1.85. The predicted molar refractivity (Wildman–Crippen MR) is 124 cm³/mol. The van der Waals surface area contributed by atoms with Crippen LogP contribution in [0.3, 0.4) is 0 Å². The van der Waals surface area contributed by atoms with Crippen LogP contribution in [0.1, 0.15) is 20.8 Å². The van der Waals surface area contributed by atoms with E-state index in [2.05, 4.69) is 20.5 Å². The number of halogens is 2. The first-order chi connectivity index (χ1) is 13.4. The number of guanidine groups is 1. The van der Waals surface area contributed by atoms with Crippen molar-refractivity contribution in [3.8, 4) is 5.75 Å². The summed E-state index contributed by atoms with van der Waals surface area (Å²) < 4.78 is 24.3. The van der Waals surface area contributed by atoms with Crippen LogP contribution >= 0.6 is 24.0 Å². The number of nitrogens with zero attached hydrogens (tertiary/aromatic N) is 2. The Hall–Kier alpha value is -1.17. The molecule has 0 aromatic heterocycles. The summed E-state index contributed by atoms with van der Waals surface area (Å²) in [5.74, 6) is 0.777. The molecule has 1 heterocycles. The van der Waals surface area contributed by atoms with E-state index >= 15 is 0 Å². The highest BCUT2D eigenvalue weighted by Gasteiger charge is 2.25. The molecule has 7 nitrogen and oxygen atoms in total. The van der Waals surface area contributed by atoms with Crippen molar-refractivity contribution in [2.75, 3.05) is 52.5 Å². The molecule has 0 bridgehead atoms. The molecule has 0 saturated carbocycles. The standard InChI is InChI=1S/C20H33FN4O3.HI/c1-4-22-19(23-13-16(2)28-18-7-5-6-17(21)12-18)24-14-20(3,26)15-25-8-10-27-11-9-25;/h5-7,12,16,26H,4,8-11,13-15H2,1-3H3,(H2,22,23,24);1H. The summed E-state index contributed by atoms with van der Waals surface area (Å²) in [6.07, 6.45) is -0.181. The van der Waals surface area contributed by atoms with Crippen LogP contribution in [-0.4, -0.2) is 80.2 Å². The fraction of sp³-hybridized carbons (Fsp3) is 0.650. The van der Waals surface area contributed by atoms with Crippen molar-refractivity contribution in [2.24, 2.45) is 4.99 Å². The number of aliphatic hydroxyl groups is 1. The first kappa shape index (κ1) is 25.9. The molecule has 3 N–H and O–H groups in total. The van der Waals surface area contributed by atoms with E-state index in [9.17, 15) is 9.50 Å². The zero-order valence-electron chi connectivity index (χ0n) is 17.5. The van der Waals surface area contributed by atoms with E-state index in [0.717, 1.165) is 13.1 Å². The number of hydrogen-bond donors (Lipinski definition) is 3. The van der Waals surface area contributed by atoms with Crippen LogP contribution in [0.5, 0.6) is 5.75 Å². The number of nitrogens with one attached hydrogen (secondary N) is 2. The monoisotopic (exact) mass is 524 g/mol. The largest absolute Gasteiger partial charge is 0.489 e. The Morgan fingerprint density at radius 3 is 2.76 bits per heavy atom. The minimum absolute atomic E-state index is 0. The van der Waals surface area contributed by atoms with Gasteiger partial charge < -0.3 is 25.2 Å². The molecular weight excluding hydrogens is 490 g/mol. The molecule has 166 valence electrons. The minimum atomic E-state index is -0.927. The molecule has 2 atom stereocenters. The smallest absolute Gasteiger partial charge is 0.191 e. The number of benzene rings is 1. The summed E-state index contributed by atoms with van der Waals surface area (Å²) >= 11 is 0. The van der Waals surface area contributed by atoms with Gasteiger partial charge in [-0.3, -0.25) is 9.89 Å². The fourth-order valence-electron chi connectivity index (χ4n) is 2.94. The van der Waals surface area contributed by atoms with Crippen LogP contribution in [-0.2, 0) is 4.74 Å². The van der Waals surface area contributed by atoms with E-state index in [1.165, 1.54) is 12.1 Å². The molecule has 1 aromatic rings. The normalized spacial score (nSPS) is 18.3. The van der Waals surface area contributed by atoms with Crippen molar-refractivity contribution in [3.05, 3.63) is 30.1 Å². The summed E-state index contributed by atoms with van der Waals surface area (Å²) in [5.41, 5.74) is -0.927. The number of ether oxygens (including phenoxy) is 2. The van der Waals surface area contributed by atoms with Gasteiger partial charge in [0.15, 0.2) is 5.96 Å². The summed E-state index contributed by atoms with van der Waals surface area (Å²) in [5, 5.41) is 17.0. The van der Waals surface area contributed by atoms with Crippen molar-refractivity contribution in [3.63, 3.8) is 0 Å². The lowest BCUT2D eigenvalue weighted by molar-refractivity contribution is -0.0180. The van der Waals surface area contributed by atoms with Gasteiger partial charge in [-0.05, 0) is 32.9 Å². The van der Waals surface area contributed by atoms with E-state index in [1.807, 2.05) is 13.8 Å². The number of β-amino-alcohol motifs (C(OH)–C–C–N with tert-alkyl or cyclic N) is 1. The molecule has 0 radical (unpaired) electrons. The van der Waals surface area contributed by atoms with Gasteiger partial charge in [0.25, 0.3) is 0 Å². The molecule has 1 aliphatic rings. The highest BCUT2D eigenvalue weighted by molar-refractivity contribution is 14.0. The lowest BCUT2D eigenvalue weighted by Gasteiger charge is -2.33. The SMILES string of the molecule is CCNC(=NCC(C)(O)CN1CCOCC1)NCC(C)Oc1cccc(F)c1.I. The second-order valence-electron chi connectivity index (χ2n) is 7.35. The van der Waals surface area contributed by atoms with Crippen LogP contribution in [0.4, 0.5) is 4.39 Å². The molecule has 2 rings (SSSR count). The number of rotatable bonds is 9. The summed E-state index contributed by atoms with van der Waals surface area (Å²) in [4.78, 5) is 6.70. The first-order valence-electron chi connectivity index (χ1n) is 9.85.